The molecule has 0 unspecified atom stereocenters. The number of benzene rings is 4. The van der Waals surface area contributed by atoms with Gasteiger partial charge in [0, 0.05) is 5.56 Å². The Hall–Kier alpha value is -3.76. The van der Waals surface area contributed by atoms with Crippen LogP contribution in [0.5, 0.6) is 17.2 Å². The maximum absolute atomic E-state index is 12.5. The molecule has 0 aliphatic carbocycles. The van der Waals surface area contributed by atoms with E-state index >= 15 is 0 Å². The molecule has 1 amide bonds. The number of phenolic OH excluding ortho intramolecular Hbond substituents is 1. The number of rotatable bonds is 3. The molecule has 1 aliphatic rings. The Morgan fingerprint density at radius 3 is 2.39 bits per heavy atom. The molecule has 0 saturated carbocycles. The predicted molar refractivity (Wildman–Crippen MR) is 122 cm³/mol. The Labute approximate surface area is 184 Å². The Balaban J connectivity index is 1.38. The van der Waals surface area contributed by atoms with Crippen LogP contribution >= 0.6 is 11.6 Å². The molecule has 0 bridgehead atoms. The number of carbonyl (C=O) groups is 1. The van der Waals surface area contributed by atoms with Gasteiger partial charge in [-0.2, -0.15) is 0 Å². The van der Waals surface area contributed by atoms with Crippen LogP contribution in [-0.4, -0.2) is 11.0 Å². The van der Waals surface area contributed by atoms with Gasteiger partial charge in [-0.15, -0.1) is 0 Å². The molecule has 1 heterocycles. The quantitative estimate of drug-likeness (QED) is 0.384. The van der Waals surface area contributed by atoms with Crippen LogP contribution in [0.4, 0.5) is 5.69 Å². The van der Waals surface area contributed by atoms with Gasteiger partial charge in [-0.3, -0.25) is 4.79 Å². The lowest BCUT2D eigenvalue weighted by Crippen LogP contribution is -2.10. The van der Waals surface area contributed by atoms with Crippen LogP contribution in [0.3, 0.4) is 0 Å². The van der Waals surface area contributed by atoms with Gasteiger partial charge in [0.25, 0.3) is 5.91 Å². The van der Waals surface area contributed by atoms with Crippen molar-refractivity contribution in [3.05, 3.63) is 107 Å². The van der Waals surface area contributed by atoms with Crippen molar-refractivity contribution in [2.75, 3.05) is 5.32 Å². The van der Waals surface area contributed by atoms with Gasteiger partial charge in [-0.25, -0.2) is 0 Å². The zero-order valence-corrected chi connectivity index (χ0v) is 17.2. The maximum atomic E-state index is 12.5. The number of ether oxygens (including phenoxy) is 1. The summed E-state index contributed by atoms with van der Waals surface area (Å²) in [6.45, 7) is 0. The number of hydrogen-bond acceptors (Lipinski definition) is 3. The second kappa shape index (κ2) is 7.82. The molecule has 0 radical (unpaired) electrons. The highest BCUT2D eigenvalue weighted by molar-refractivity contribution is 6.33. The standard InChI is InChI=1S/C26H18ClNO3/c27-22-15-19(29)10-11-20(22)18-8-5-16(6-9-18)13-17-7-12-25-23(14-17)28-26(30)21-3-1-2-4-24(21)31-25/h1-12,14-15,29H,13H2,(H,28,30). The first kappa shape index (κ1) is 19.2. The maximum Gasteiger partial charge on any atom is 0.259 e. The first-order chi connectivity index (χ1) is 15.1. The number of para-hydroxylation sites is 1. The van der Waals surface area contributed by atoms with E-state index in [0.29, 0.717) is 34.2 Å². The Morgan fingerprint density at radius 2 is 1.58 bits per heavy atom. The minimum atomic E-state index is -0.179. The summed E-state index contributed by atoms with van der Waals surface area (Å²) >= 11 is 6.25. The van der Waals surface area contributed by atoms with Crippen LogP contribution in [-0.2, 0) is 6.42 Å². The first-order valence-corrected chi connectivity index (χ1v) is 10.2. The minimum absolute atomic E-state index is 0.146. The van der Waals surface area contributed by atoms with Crippen molar-refractivity contribution < 1.29 is 14.6 Å². The molecule has 0 atom stereocenters. The monoisotopic (exact) mass is 427 g/mol. The van der Waals surface area contributed by atoms with Crippen LogP contribution in [0, 0.1) is 0 Å². The van der Waals surface area contributed by atoms with E-state index in [1.54, 1.807) is 24.3 Å². The van der Waals surface area contributed by atoms with Gasteiger partial charge < -0.3 is 15.2 Å². The zero-order chi connectivity index (χ0) is 21.4. The van der Waals surface area contributed by atoms with Crippen LogP contribution in [0.2, 0.25) is 5.02 Å². The van der Waals surface area contributed by atoms with Gasteiger partial charge in [0.1, 0.15) is 11.5 Å². The highest BCUT2D eigenvalue weighted by Gasteiger charge is 2.20. The summed E-state index contributed by atoms with van der Waals surface area (Å²) in [5, 5.41) is 13.0. The van der Waals surface area contributed by atoms with Crippen LogP contribution < -0.4 is 10.1 Å². The van der Waals surface area contributed by atoms with E-state index in [-0.39, 0.29) is 11.7 Å². The molecular formula is C26H18ClNO3. The molecule has 0 spiro atoms. The molecular weight excluding hydrogens is 410 g/mol. The van der Waals surface area contributed by atoms with Gasteiger partial charge in [0.15, 0.2) is 5.75 Å². The number of halogens is 1. The summed E-state index contributed by atoms with van der Waals surface area (Å²) < 4.78 is 5.95. The zero-order valence-electron chi connectivity index (χ0n) is 16.4. The summed E-state index contributed by atoms with van der Waals surface area (Å²) in [7, 11) is 0. The van der Waals surface area contributed by atoms with E-state index in [1.807, 2.05) is 42.5 Å². The van der Waals surface area contributed by atoms with Crippen molar-refractivity contribution in [2.45, 2.75) is 6.42 Å². The van der Waals surface area contributed by atoms with E-state index < -0.39 is 0 Å². The van der Waals surface area contributed by atoms with Gasteiger partial charge in [0.2, 0.25) is 0 Å². The van der Waals surface area contributed by atoms with Crippen molar-refractivity contribution in [1.82, 2.24) is 0 Å². The number of amides is 1. The average molecular weight is 428 g/mol. The lowest BCUT2D eigenvalue weighted by Gasteiger charge is -2.11. The third kappa shape index (κ3) is 3.86. The summed E-state index contributed by atoms with van der Waals surface area (Å²) in [5.41, 5.74) is 5.21. The SMILES string of the molecule is O=C1Nc2cc(Cc3ccc(-c4ccc(O)cc4Cl)cc3)ccc2Oc2ccccc21. The summed E-state index contributed by atoms with van der Waals surface area (Å²) in [6.07, 6.45) is 0.708. The molecule has 5 heteroatoms. The van der Waals surface area contributed by atoms with E-state index in [4.69, 9.17) is 16.3 Å². The fourth-order valence-corrected chi connectivity index (χ4v) is 3.99. The number of nitrogens with one attached hydrogen (secondary N) is 1. The lowest BCUT2D eigenvalue weighted by atomic mass is 10.00. The largest absolute Gasteiger partial charge is 0.508 e. The smallest absolute Gasteiger partial charge is 0.259 e. The van der Waals surface area contributed by atoms with E-state index in [1.165, 1.54) is 6.07 Å². The molecule has 4 nitrogen and oxygen atoms in total. The van der Waals surface area contributed by atoms with E-state index in [9.17, 15) is 9.90 Å². The number of aromatic hydroxyl groups is 1. The van der Waals surface area contributed by atoms with Crippen molar-refractivity contribution in [2.24, 2.45) is 0 Å². The number of fused-ring (bicyclic) bond motifs is 2. The molecule has 0 fully saturated rings. The van der Waals surface area contributed by atoms with Crippen LogP contribution in [0.1, 0.15) is 21.5 Å². The topological polar surface area (TPSA) is 58.6 Å². The lowest BCUT2D eigenvalue weighted by molar-refractivity contribution is 0.102. The molecule has 0 aromatic heterocycles. The summed E-state index contributed by atoms with van der Waals surface area (Å²) in [5.74, 6) is 1.14. The third-order valence-corrected chi connectivity index (χ3v) is 5.58. The van der Waals surface area contributed by atoms with Gasteiger partial charge in [-0.05, 0) is 65.6 Å². The van der Waals surface area contributed by atoms with Crippen LogP contribution in [0.15, 0.2) is 84.9 Å². The highest BCUT2D eigenvalue weighted by Crippen LogP contribution is 2.36. The van der Waals surface area contributed by atoms with Gasteiger partial charge in [-0.1, -0.05) is 54.1 Å². The Bertz CT molecular complexity index is 1300. The molecule has 1 aliphatic heterocycles. The Kier molecular flexibility index (Phi) is 4.85. The fraction of sp³-hybridized carbons (Fsp3) is 0.0385. The first-order valence-electron chi connectivity index (χ1n) is 9.86. The number of anilines is 1. The molecule has 152 valence electrons. The molecule has 2 N–H and O–H groups in total. The summed E-state index contributed by atoms with van der Waals surface area (Å²) in [6, 6.07) is 26.1. The molecule has 4 aromatic rings. The molecule has 0 saturated heterocycles. The number of carbonyl (C=O) groups excluding carboxylic acids is 1. The van der Waals surface area contributed by atoms with Gasteiger partial charge in [0.05, 0.1) is 16.3 Å². The number of phenols is 1. The molecule has 5 rings (SSSR count). The van der Waals surface area contributed by atoms with Crippen molar-refractivity contribution in [1.29, 1.82) is 0 Å². The van der Waals surface area contributed by atoms with E-state index in [2.05, 4.69) is 17.4 Å². The normalized spacial score (nSPS) is 12.2. The second-order valence-electron chi connectivity index (χ2n) is 7.42. The number of hydrogen-bond donors (Lipinski definition) is 2. The van der Waals surface area contributed by atoms with Crippen molar-refractivity contribution in [3.8, 4) is 28.4 Å². The van der Waals surface area contributed by atoms with Crippen molar-refractivity contribution >= 4 is 23.2 Å². The summed E-state index contributed by atoms with van der Waals surface area (Å²) in [4.78, 5) is 12.5. The highest BCUT2D eigenvalue weighted by atomic mass is 35.5. The fourth-order valence-electron chi connectivity index (χ4n) is 3.70. The molecule has 4 aromatic carbocycles. The minimum Gasteiger partial charge on any atom is -0.508 e. The van der Waals surface area contributed by atoms with E-state index in [0.717, 1.165) is 22.3 Å². The van der Waals surface area contributed by atoms with Crippen molar-refractivity contribution in [3.63, 3.8) is 0 Å². The van der Waals surface area contributed by atoms with Crippen LogP contribution in [0.25, 0.3) is 11.1 Å². The molecule has 31 heavy (non-hydrogen) atoms. The average Bonchev–Trinajstić information content (AvgIpc) is 2.90. The Morgan fingerprint density at radius 1 is 0.806 bits per heavy atom. The second-order valence-corrected chi connectivity index (χ2v) is 7.83. The third-order valence-electron chi connectivity index (χ3n) is 5.27. The van der Waals surface area contributed by atoms with Gasteiger partial charge >= 0.3 is 0 Å². The predicted octanol–water partition coefficient (Wildman–Crippen LogP) is 6.66.